The molecule has 17 atom stereocenters. The average Bonchev–Trinajstić information content (AvgIpc) is 1.73. The van der Waals surface area contributed by atoms with Gasteiger partial charge in [-0.25, -0.2) is 9.78 Å². The Bertz CT molecular complexity index is 5210. The van der Waals surface area contributed by atoms with Gasteiger partial charge in [0.25, 0.3) is 0 Å². The van der Waals surface area contributed by atoms with E-state index in [4.69, 9.17) is 28.3 Å². The Morgan fingerprint density at radius 3 is 1.74 bits per heavy atom. The molecule has 0 bridgehead atoms. The van der Waals surface area contributed by atoms with Gasteiger partial charge < -0.3 is 154 Å². The maximum Gasteiger partial charge on any atom is 0.326 e. The molecule has 2 aliphatic heterocycles. The van der Waals surface area contributed by atoms with Crippen molar-refractivity contribution in [3.63, 3.8) is 0 Å². The van der Waals surface area contributed by atoms with Crippen molar-refractivity contribution < 1.29 is 121 Å². The number of nitrogens with two attached hydrogens (primary N) is 4. The summed E-state index contributed by atoms with van der Waals surface area (Å²) >= 11 is 0. The molecule has 0 unspecified atom stereocenters. The number of aromatic hydroxyl groups is 1. The van der Waals surface area contributed by atoms with E-state index in [1.165, 1.54) is 75.6 Å². The van der Waals surface area contributed by atoms with E-state index in [2.05, 4.69) is 111 Å². The molecular formula is C94H143N27O25. The van der Waals surface area contributed by atoms with Crippen LogP contribution in [0.25, 0.3) is 10.9 Å². The normalized spacial score (nSPS) is 20.0. The number of para-hydroxylation sites is 1. The molecule has 0 saturated carbocycles. The Labute approximate surface area is 842 Å². The summed E-state index contributed by atoms with van der Waals surface area (Å²) < 4.78 is 0. The third kappa shape index (κ3) is 38.6. The Hall–Kier alpha value is -15.0. The lowest BCUT2D eigenvalue weighted by molar-refractivity contribution is -0.149. The fraction of sp³-hybridized carbons (Fsp3) is 0.585. The van der Waals surface area contributed by atoms with Crippen molar-refractivity contribution in [2.45, 2.75) is 275 Å². The van der Waals surface area contributed by atoms with E-state index in [1.807, 2.05) is 0 Å². The number of hydrogen-bond acceptors (Lipinski definition) is 27. The van der Waals surface area contributed by atoms with Gasteiger partial charge in [-0.3, -0.25) is 101 Å². The van der Waals surface area contributed by atoms with Crippen LogP contribution >= 0.6 is 0 Å². The second kappa shape index (κ2) is 59.3. The van der Waals surface area contributed by atoms with E-state index in [9.17, 15) is 102 Å². The van der Waals surface area contributed by atoms with Gasteiger partial charge in [-0.05, 0) is 130 Å². The minimum absolute atomic E-state index is 0.0707. The van der Waals surface area contributed by atoms with Crippen LogP contribution in [0.3, 0.4) is 0 Å². The van der Waals surface area contributed by atoms with Crippen molar-refractivity contribution in [1.29, 1.82) is 5.41 Å². The zero-order valence-electron chi connectivity index (χ0n) is 83.5. The number of nitrogens with zero attached hydrogens (tertiary/aromatic N) is 2. The summed E-state index contributed by atoms with van der Waals surface area (Å²) in [6, 6.07) is -13.9. The number of aromatic amines is 2. The van der Waals surface area contributed by atoms with E-state index >= 15 is 19.2 Å². The molecule has 6 rings (SSSR count). The van der Waals surface area contributed by atoms with Crippen LogP contribution in [0.1, 0.15) is 176 Å². The number of amides is 20. The SMILES string of the molecule is CC[C@H](C)[C@H](NC(=O)[C@@H](NC(=O)[C@H](CC(N)=O)NC(=O)[C@H](CO)NC(=O)[C@H](Cc1c[nH]cn1)NC(=O)CNC(=O)[C@@H](NC(=O)[C@H](Cc1c[nH]c2ccccc12)NC(=O)[C@@H]1CCC(=O)NCC(=O)N[C@@H](CO)C(=O)N[C@@H](CCC(N)=O)C(=O)N[C@@H](CC(C)C)C(=O)N[C@@H](C(C)C)C(=O)N[C@@H](Cc2ccc(O)cc2)C(=O)N[C@@H](CCCNC(=N)N)C(=O)N1)C(C)C)C(C)C)C(=O)N[C@@H](CCCCN)C(=O)N1CCC[C@H]1C(=O)O. The number of hydrogen-bond donors (Lipinski definition) is 29. The van der Waals surface area contributed by atoms with Crippen LogP contribution in [0.2, 0.25) is 0 Å². The minimum Gasteiger partial charge on any atom is -0.508 e. The van der Waals surface area contributed by atoms with Crippen LogP contribution in [0.5, 0.6) is 5.75 Å². The number of phenolic OH excluding ortho intramolecular Hbond substituents is 1. The molecule has 0 spiro atoms. The highest BCUT2D eigenvalue weighted by Crippen LogP contribution is 2.24. The van der Waals surface area contributed by atoms with Gasteiger partial charge in [-0.15, -0.1) is 0 Å². The van der Waals surface area contributed by atoms with Gasteiger partial charge in [0, 0.05) is 68.5 Å². The zero-order chi connectivity index (χ0) is 108. The number of guanidine groups is 1. The van der Waals surface area contributed by atoms with E-state index in [1.54, 1.807) is 65.8 Å². The van der Waals surface area contributed by atoms with Crippen molar-refractivity contribution >= 4 is 141 Å². The number of aliphatic hydroxyl groups excluding tert-OH is 2. The van der Waals surface area contributed by atoms with Crippen LogP contribution in [-0.2, 0) is 120 Å². The van der Waals surface area contributed by atoms with Crippen LogP contribution in [-0.4, -0.2) is 313 Å². The minimum atomic E-state index is -1.99. The summed E-state index contributed by atoms with van der Waals surface area (Å²) in [5, 5.41) is 94.7. The van der Waals surface area contributed by atoms with Gasteiger partial charge in [0.2, 0.25) is 118 Å². The molecule has 2 aromatic heterocycles. The van der Waals surface area contributed by atoms with Gasteiger partial charge in [-0.1, -0.05) is 106 Å². The number of aliphatic hydroxyl groups is 2. The molecule has 146 heavy (non-hydrogen) atoms. The number of aromatic nitrogens is 3. The van der Waals surface area contributed by atoms with Crippen LogP contribution in [0, 0.1) is 35.0 Å². The van der Waals surface area contributed by atoms with Crippen molar-refractivity contribution in [2.24, 2.45) is 52.5 Å². The third-order valence-corrected chi connectivity index (χ3v) is 24.4. The highest BCUT2D eigenvalue weighted by Gasteiger charge is 2.44. The predicted molar refractivity (Wildman–Crippen MR) is 525 cm³/mol. The maximum absolute atomic E-state index is 15.5. The van der Waals surface area contributed by atoms with Gasteiger partial charge in [0.05, 0.1) is 44.7 Å². The Morgan fingerprint density at radius 1 is 0.562 bits per heavy atom. The summed E-state index contributed by atoms with van der Waals surface area (Å²) in [5.41, 5.74) is 23.8. The first kappa shape index (κ1) is 120. The Morgan fingerprint density at radius 2 is 1.14 bits per heavy atom. The lowest BCUT2D eigenvalue weighted by Gasteiger charge is -2.31. The molecule has 2 aromatic carbocycles. The monoisotopic (exact) mass is 2050 g/mol. The van der Waals surface area contributed by atoms with Crippen LogP contribution in [0.15, 0.2) is 67.3 Å². The highest BCUT2D eigenvalue weighted by molar-refractivity contribution is 6.03. The number of H-pyrrole nitrogens is 2. The number of carboxylic acids is 1. The second-order valence-electron chi connectivity index (χ2n) is 37.6. The number of carbonyl (C=O) groups excluding carboxylic acids is 20. The predicted octanol–water partition coefficient (Wildman–Crippen LogP) is -7.42. The molecule has 4 aromatic rings. The highest BCUT2D eigenvalue weighted by atomic mass is 16.4. The first-order chi connectivity index (χ1) is 69.1. The van der Waals surface area contributed by atoms with E-state index < -0.39 is 322 Å². The molecule has 20 amide bonds. The lowest BCUT2D eigenvalue weighted by atomic mass is 9.95. The number of rotatable bonds is 48. The molecule has 0 radical (unpaired) electrons. The number of phenols is 1. The molecule has 4 heterocycles. The van der Waals surface area contributed by atoms with E-state index in [0.717, 1.165) is 0 Å². The number of primary amides is 2. The van der Waals surface area contributed by atoms with Crippen molar-refractivity contribution in [3.8, 4) is 5.75 Å². The summed E-state index contributed by atoms with van der Waals surface area (Å²) in [5.74, 6) is -26.3. The largest absolute Gasteiger partial charge is 0.508 e. The number of carbonyl (C=O) groups is 21. The molecule has 2 saturated heterocycles. The van der Waals surface area contributed by atoms with Crippen LogP contribution < -0.4 is 119 Å². The summed E-state index contributed by atoms with van der Waals surface area (Å²) in [7, 11) is 0. The molecular weight excluding hydrogens is 1910 g/mol. The summed E-state index contributed by atoms with van der Waals surface area (Å²) in [6.45, 7) is 12.0. The van der Waals surface area contributed by atoms with Crippen LogP contribution in [0.4, 0.5) is 0 Å². The number of benzene rings is 2. The molecule has 2 fully saturated rings. The number of likely N-dealkylation sites (tertiary alicyclic amines) is 1. The molecule has 2 aliphatic rings. The van der Waals surface area contributed by atoms with Gasteiger partial charge in [0.15, 0.2) is 5.96 Å². The Balaban J connectivity index is 1.28. The first-order valence-corrected chi connectivity index (χ1v) is 48.6. The lowest BCUT2D eigenvalue weighted by Crippen LogP contribution is -2.62. The van der Waals surface area contributed by atoms with Crippen molar-refractivity contribution in [2.75, 3.05) is 45.9 Å². The molecule has 52 nitrogen and oxygen atoms in total. The topological polar surface area (TPSA) is 832 Å². The van der Waals surface area contributed by atoms with Crippen molar-refractivity contribution in [1.82, 2.24) is 116 Å². The molecule has 33 N–H and O–H groups in total. The fourth-order valence-electron chi connectivity index (χ4n) is 16.0. The standard InChI is InChI=1S/C94H143N27O25/c1-11-50(10)77(91(143)111-60(20-14-15-31-95)92(144)121-33-17-22-68(121)93(145)146)120-90(142)76(49(8)9)119-85(137)65(38-70(97)126)114-87(139)67(44-123)116-82(134)64(37-53-40-100-45-105-53)106-73(129)42-104-88(140)74(47(4)5)117-84(136)63(36-52-39-102-56-19-13-12-18-55(52)56)113-80(132)59-28-30-71(127)103-41-72(128)107-66(43-122)86(138)110-58(27-29-69(96)125)79(131)112-61(34-46(2)3)83(135)118-75(48(6)7)89(141)115-62(35-51-23-25-54(124)26-24-51)81(133)108-57(78(130)109-59)21-16-32-101-94(98)99/h12-13,18-19,23-26,39-40,45-50,57-68,74-77,102,122-124H,11,14-17,20-22,27-38,41-44,95H2,1-10H3,(H2,96,125)(H2,97,126)(H,100,105)(H,103,127)(H,104,140)(H,106,129)(H,107,128)(H,108,133)(H,109,130)(H,110,138)(H,111,143)(H,112,131)(H,113,132)(H,114,139)(H,115,141)(H,116,134)(H,117,136)(H,118,135)(H,119,137)(H,120,142)(H,145,146)(H4,98,99,101)/t50-,57-,58-,59-,60-,61-,62-,63-,64-,65-,66-,67-,68-,74-,75-,76-,77-/m0/s1. The number of fused-ring (bicyclic) bond motifs is 1. The fourth-order valence-corrected chi connectivity index (χ4v) is 16.0. The zero-order valence-corrected chi connectivity index (χ0v) is 83.5. The first-order valence-electron chi connectivity index (χ1n) is 48.6. The number of carboxylic acid groups (broad SMARTS) is 1. The van der Waals surface area contributed by atoms with E-state index in [-0.39, 0.29) is 75.5 Å². The van der Waals surface area contributed by atoms with E-state index in [0.29, 0.717) is 47.7 Å². The number of aliphatic carboxylic acids is 1. The molecule has 52 heteroatoms. The summed E-state index contributed by atoms with van der Waals surface area (Å²) in [6.07, 6.45) is 0.777. The second-order valence-corrected chi connectivity index (χ2v) is 37.6. The maximum atomic E-state index is 15.5. The molecule has 804 valence electrons. The number of unbranched alkanes of at least 4 members (excludes halogenated alkanes) is 1. The van der Waals surface area contributed by atoms with Gasteiger partial charge in [0.1, 0.15) is 102 Å². The molecule has 0 aliphatic carbocycles. The average molecular weight is 2050 g/mol. The van der Waals surface area contributed by atoms with Crippen molar-refractivity contribution in [3.05, 3.63) is 84.1 Å². The quantitative estimate of drug-likeness (QED) is 0.0111. The third-order valence-electron chi connectivity index (χ3n) is 24.4. The van der Waals surface area contributed by atoms with Gasteiger partial charge in [-0.2, -0.15) is 0 Å². The van der Waals surface area contributed by atoms with Gasteiger partial charge >= 0.3 is 5.97 Å². The number of imidazole rings is 1. The summed E-state index contributed by atoms with van der Waals surface area (Å²) in [4.78, 5) is 309. The number of nitrogens with one attached hydrogen (secondary N) is 21. The Kier molecular flexibility index (Phi) is 48.6. The smallest absolute Gasteiger partial charge is 0.326 e.